The lowest BCUT2D eigenvalue weighted by molar-refractivity contribution is 1.24. The van der Waals surface area contributed by atoms with E-state index in [-0.39, 0.29) is 5.43 Å². The highest BCUT2D eigenvalue weighted by Crippen LogP contribution is 2.50. The molecule has 0 saturated heterocycles. The van der Waals surface area contributed by atoms with Gasteiger partial charge in [0.05, 0.1) is 11.0 Å². The molecule has 1 aliphatic rings. The monoisotopic (exact) mass is 423 g/mol. The van der Waals surface area contributed by atoms with Crippen molar-refractivity contribution in [3.8, 4) is 0 Å². The Morgan fingerprint density at radius 3 is 1.58 bits per heavy atom. The Morgan fingerprint density at radius 1 is 0.576 bits per heavy atom. The number of rotatable bonds is 3. The van der Waals surface area contributed by atoms with Crippen LogP contribution in [0.2, 0.25) is 0 Å². The number of fused-ring (bicyclic) bond motifs is 2. The van der Waals surface area contributed by atoms with E-state index < -0.39 is 0 Å². The van der Waals surface area contributed by atoms with E-state index in [2.05, 4.69) is 65.9 Å². The average molecular weight is 424 g/mol. The van der Waals surface area contributed by atoms with Crippen molar-refractivity contribution >= 4 is 39.2 Å². The molecule has 2 nitrogen and oxygen atoms in total. The quantitative estimate of drug-likeness (QED) is 0.282. The summed E-state index contributed by atoms with van der Waals surface area (Å²) in [4.78, 5) is 13.1. The first-order chi connectivity index (χ1) is 16.2. The zero-order chi connectivity index (χ0) is 22.4. The summed E-state index contributed by atoms with van der Waals surface area (Å²) in [5.74, 6) is 0. The topological polar surface area (TPSA) is 22.0 Å². The van der Waals surface area contributed by atoms with E-state index in [0.29, 0.717) is 10.8 Å². The molecule has 33 heavy (non-hydrogen) atoms. The largest absolute Gasteiger partial charge is 0.315 e. The fourth-order valence-electron chi connectivity index (χ4n) is 4.77. The minimum absolute atomic E-state index is 0.0621. The van der Waals surface area contributed by atoms with Crippen molar-refractivity contribution in [1.29, 1.82) is 0 Å². The van der Waals surface area contributed by atoms with E-state index in [0.717, 1.165) is 33.3 Å². The molecule has 0 spiro atoms. The minimum atomic E-state index is 0.0621. The SMILES string of the molecule is C=C1C(=Cn2c3ccccc3c(=O)c3ccccc32)C(c2ccccc2)=C1c1ccccc1. The summed E-state index contributed by atoms with van der Waals surface area (Å²) < 4.78 is 2.14. The lowest BCUT2D eigenvalue weighted by atomic mass is 9.72. The number of hydrogen-bond acceptors (Lipinski definition) is 1. The summed E-state index contributed by atoms with van der Waals surface area (Å²) in [5.41, 5.74) is 8.60. The fraction of sp³-hybridized carbons (Fsp3) is 0. The van der Waals surface area contributed by atoms with Gasteiger partial charge in [-0.25, -0.2) is 0 Å². The van der Waals surface area contributed by atoms with Gasteiger partial charge in [-0.05, 0) is 52.1 Å². The van der Waals surface area contributed by atoms with Gasteiger partial charge in [0.1, 0.15) is 0 Å². The zero-order valence-corrected chi connectivity index (χ0v) is 18.0. The standard InChI is InChI=1S/C31H21NO/c1-21-26(30(23-14-6-3-7-15-23)29(21)22-12-4-2-5-13-22)20-32-27-18-10-8-16-24(27)31(33)25-17-9-11-19-28(25)32/h2-20H,1H2. The number of benzene rings is 4. The first-order valence-corrected chi connectivity index (χ1v) is 11.0. The van der Waals surface area contributed by atoms with Crippen molar-refractivity contribution in [2.75, 3.05) is 0 Å². The second-order valence-corrected chi connectivity index (χ2v) is 8.24. The van der Waals surface area contributed by atoms with Crippen molar-refractivity contribution < 1.29 is 0 Å². The van der Waals surface area contributed by atoms with Gasteiger partial charge in [-0.2, -0.15) is 0 Å². The van der Waals surface area contributed by atoms with E-state index in [1.807, 2.05) is 60.7 Å². The normalized spacial score (nSPS) is 14.8. The van der Waals surface area contributed by atoms with Crippen LogP contribution in [-0.4, -0.2) is 4.57 Å². The van der Waals surface area contributed by atoms with Gasteiger partial charge in [0.25, 0.3) is 0 Å². The fourth-order valence-corrected chi connectivity index (χ4v) is 4.77. The van der Waals surface area contributed by atoms with E-state index in [4.69, 9.17) is 0 Å². The third kappa shape index (κ3) is 3.00. The molecule has 0 N–H and O–H groups in total. The Morgan fingerprint density at radius 2 is 1.03 bits per heavy atom. The summed E-state index contributed by atoms with van der Waals surface area (Å²) in [5, 5.41) is 1.43. The Hall–Kier alpha value is -4.43. The molecule has 4 aromatic carbocycles. The molecule has 6 rings (SSSR count). The second-order valence-electron chi connectivity index (χ2n) is 8.24. The van der Waals surface area contributed by atoms with Gasteiger partial charge in [0, 0.05) is 22.5 Å². The highest BCUT2D eigenvalue weighted by molar-refractivity contribution is 6.19. The molecule has 2 heteroatoms. The van der Waals surface area contributed by atoms with Crippen LogP contribution in [0.4, 0.5) is 0 Å². The van der Waals surface area contributed by atoms with Crippen LogP contribution in [0, 0.1) is 0 Å². The Labute approximate surface area is 192 Å². The lowest BCUT2D eigenvalue weighted by Crippen LogP contribution is -2.13. The average Bonchev–Trinajstić information content (AvgIpc) is 2.88. The maximum absolute atomic E-state index is 13.1. The van der Waals surface area contributed by atoms with Crippen molar-refractivity contribution in [2.24, 2.45) is 0 Å². The predicted octanol–water partition coefficient (Wildman–Crippen LogP) is 7.18. The van der Waals surface area contributed by atoms with Crippen LogP contribution in [0.5, 0.6) is 0 Å². The van der Waals surface area contributed by atoms with Gasteiger partial charge < -0.3 is 4.57 Å². The van der Waals surface area contributed by atoms with Crippen LogP contribution in [0.15, 0.2) is 132 Å². The molecule has 0 saturated carbocycles. The van der Waals surface area contributed by atoms with Gasteiger partial charge in [0.2, 0.25) is 0 Å². The maximum Gasteiger partial charge on any atom is 0.197 e. The van der Waals surface area contributed by atoms with Crippen molar-refractivity contribution in [3.05, 3.63) is 148 Å². The van der Waals surface area contributed by atoms with Crippen molar-refractivity contribution in [2.45, 2.75) is 0 Å². The van der Waals surface area contributed by atoms with Crippen LogP contribution in [0.3, 0.4) is 0 Å². The number of pyridine rings is 1. The number of allylic oxidation sites excluding steroid dienone is 4. The van der Waals surface area contributed by atoms with Crippen LogP contribution in [0.1, 0.15) is 11.1 Å². The predicted molar refractivity (Wildman–Crippen MR) is 139 cm³/mol. The highest BCUT2D eigenvalue weighted by atomic mass is 16.1. The van der Waals surface area contributed by atoms with Crippen molar-refractivity contribution in [3.63, 3.8) is 0 Å². The van der Waals surface area contributed by atoms with Crippen LogP contribution in [0.25, 0.3) is 39.2 Å². The second kappa shape index (κ2) is 7.61. The number of hydrogen-bond donors (Lipinski definition) is 0. The Balaban J connectivity index is 1.68. The Kier molecular flexibility index (Phi) is 4.44. The molecular formula is C31H21NO. The molecule has 0 atom stereocenters. The van der Waals surface area contributed by atoms with E-state index in [9.17, 15) is 4.79 Å². The van der Waals surface area contributed by atoms with Crippen LogP contribution in [-0.2, 0) is 0 Å². The number of para-hydroxylation sites is 2. The first kappa shape index (κ1) is 19.3. The zero-order valence-electron chi connectivity index (χ0n) is 18.0. The van der Waals surface area contributed by atoms with Gasteiger partial charge in [0.15, 0.2) is 5.43 Å². The maximum atomic E-state index is 13.1. The molecule has 0 aliphatic heterocycles. The molecule has 0 amide bonds. The van der Waals surface area contributed by atoms with Crippen LogP contribution >= 0.6 is 0 Å². The molecular weight excluding hydrogens is 402 g/mol. The third-order valence-corrected chi connectivity index (χ3v) is 6.35. The molecule has 5 aromatic rings. The number of nitrogens with zero attached hydrogens (tertiary/aromatic N) is 1. The van der Waals surface area contributed by atoms with Gasteiger partial charge in [-0.3, -0.25) is 4.79 Å². The molecule has 0 radical (unpaired) electrons. The summed E-state index contributed by atoms with van der Waals surface area (Å²) in [6, 6.07) is 36.4. The van der Waals surface area contributed by atoms with E-state index in [1.165, 1.54) is 11.1 Å². The highest BCUT2D eigenvalue weighted by Gasteiger charge is 2.30. The third-order valence-electron chi connectivity index (χ3n) is 6.35. The molecule has 0 bridgehead atoms. The molecule has 1 aliphatic carbocycles. The summed E-state index contributed by atoms with van der Waals surface area (Å²) in [7, 11) is 0. The summed E-state index contributed by atoms with van der Waals surface area (Å²) >= 11 is 0. The van der Waals surface area contributed by atoms with E-state index in [1.54, 1.807) is 0 Å². The molecule has 156 valence electrons. The first-order valence-electron chi connectivity index (χ1n) is 11.0. The molecule has 0 unspecified atom stereocenters. The molecule has 0 fully saturated rings. The van der Waals surface area contributed by atoms with Gasteiger partial charge in [-0.15, -0.1) is 0 Å². The van der Waals surface area contributed by atoms with Gasteiger partial charge >= 0.3 is 0 Å². The van der Waals surface area contributed by atoms with Crippen molar-refractivity contribution in [1.82, 2.24) is 4.57 Å². The molecule has 1 heterocycles. The summed E-state index contributed by atoms with van der Waals surface area (Å²) in [6.45, 7) is 4.45. The Bertz CT molecular complexity index is 1610. The van der Waals surface area contributed by atoms with Crippen LogP contribution < -0.4 is 5.43 Å². The lowest BCUT2D eigenvalue weighted by Gasteiger charge is -2.31. The summed E-state index contributed by atoms with van der Waals surface area (Å²) in [6.07, 6.45) is 2.14. The molecule has 1 aromatic heterocycles. The number of aromatic nitrogens is 1. The smallest absolute Gasteiger partial charge is 0.197 e. The van der Waals surface area contributed by atoms with E-state index >= 15 is 0 Å². The minimum Gasteiger partial charge on any atom is -0.315 e. The van der Waals surface area contributed by atoms with Gasteiger partial charge in [-0.1, -0.05) is 91.5 Å².